The first-order chi connectivity index (χ1) is 8.21. The minimum Gasteiger partial charge on any atom is -0.462 e. The van der Waals surface area contributed by atoms with E-state index in [1.54, 1.807) is 31.2 Å². The lowest BCUT2D eigenvalue weighted by Crippen LogP contribution is -2.25. The zero-order chi connectivity index (χ0) is 12.7. The average molecular weight is 258 g/mol. The lowest BCUT2D eigenvalue weighted by atomic mass is 10.2. The summed E-state index contributed by atoms with van der Waals surface area (Å²) in [6.45, 7) is 2.08. The fraction of sp³-hybridized carbons (Fsp3) is 0.417. The summed E-state index contributed by atoms with van der Waals surface area (Å²) in [5.41, 5.74) is 1.31. The summed E-state index contributed by atoms with van der Waals surface area (Å²) in [5.74, 6) is -0.0223. The van der Waals surface area contributed by atoms with Gasteiger partial charge in [0.25, 0.3) is 0 Å². The van der Waals surface area contributed by atoms with Crippen molar-refractivity contribution < 1.29 is 14.6 Å². The Labute approximate surface area is 106 Å². The van der Waals surface area contributed by atoms with Gasteiger partial charge >= 0.3 is 5.97 Å². The molecule has 0 aliphatic rings. The summed E-state index contributed by atoms with van der Waals surface area (Å²) in [4.78, 5) is 11.4. The van der Waals surface area contributed by atoms with E-state index in [4.69, 9.17) is 21.4 Å². The molecule has 2 N–H and O–H groups in total. The normalized spacial score (nSPS) is 11.9. The quantitative estimate of drug-likeness (QED) is 0.603. The fourth-order valence-electron chi connectivity index (χ4n) is 1.29. The van der Waals surface area contributed by atoms with Crippen LogP contribution in [-0.2, 0) is 4.74 Å². The van der Waals surface area contributed by atoms with Crippen LogP contribution in [0.4, 0.5) is 5.69 Å². The van der Waals surface area contributed by atoms with Crippen molar-refractivity contribution in [2.24, 2.45) is 0 Å². The minimum absolute atomic E-state index is 0.0386. The Morgan fingerprint density at radius 2 is 2.12 bits per heavy atom. The molecule has 0 aliphatic carbocycles. The Morgan fingerprint density at radius 1 is 1.47 bits per heavy atom. The van der Waals surface area contributed by atoms with Gasteiger partial charge in [0, 0.05) is 11.6 Å². The van der Waals surface area contributed by atoms with Gasteiger partial charge < -0.3 is 15.2 Å². The van der Waals surface area contributed by atoms with Crippen LogP contribution < -0.4 is 5.32 Å². The third kappa shape index (κ3) is 4.24. The van der Waals surface area contributed by atoms with E-state index >= 15 is 0 Å². The summed E-state index contributed by atoms with van der Waals surface area (Å²) in [6, 6.07) is 6.65. The van der Waals surface area contributed by atoms with E-state index in [0.717, 1.165) is 5.69 Å². The number of hydrogen-bond acceptors (Lipinski definition) is 4. The maximum absolute atomic E-state index is 11.4. The van der Waals surface area contributed by atoms with Gasteiger partial charge in [-0.1, -0.05) is 0 Å². The molecule has 94 valence electrons. The molecule has 1 atom stereocenters. The van der Waals surface area contributed by atoms with Gasteiger partial charge in [-0.2, -0.15) is 0 Å². The number of alkyl halides is 1. The number of ether oxygens (including phenoxy) is 1. The average Bonchev–Trinajstić information content (AvgIpc) is 2.37. The van der Waals surface area contributed by atoms with Gasteiger partial charge in [-0.3, -0.25) is 0 Å². The van der Waals surface area contributed by atoms with Crippen molar-refractivity contribution in [1.82, 2.24) is 0 Å². The number of aliphatic hydroxyl groups is 1. The van der Waals surface area contributed by atoms with Crippen LogP contribution in [0.1, 0.15) is 17.3 Å². The number of aliphatic hydroxyl groups excluding tert-OH is 1. The summed E-state index contributed by atoms with van der Waals surface area (Å²) in [7, 11) is 0. The highest BCUT2D eigenvalue weighted by Crippen LogP contribution is 2.12. The molecule has 1 aromatic rings. The Kier molecular flexibility index (Phi) is 5.80. The first-order valence-corrected chi connectivity index (χ1v) is 5.95. The Bertz CT molecular complexity index is 349. The second-order valence-electron chi connectivity index (χ2n) is 3.48. The lowest BCUT2D eigenvalue weighted by Gasteiger charge is -2.14. The molecule has 0 aliphatic heterocycles. The van der Waals surface area contributed by atoms with Crippen LogP contribution in [0.2, 0.25) is 0 Å². The summed E-state index contributed by atoms with van der Waals surface area (Å²) >= 11 is 5.64. The van der Waals surface area contributed by atoms with Gasteiger partial charge in [-0.05, 0) is 31.2 Å². The molecule has 0 fully saturated rings. The van der Waals surface area contributed by atoms with Crippen molar-refractivity contribution in [3.8, 4) is 0 Å². The summed E-state index contributed by atoms with van der Waals surface area (Å²) in [5, 5.41) is 12.0. The van der Waals surface area contributed by atoms with Gasteiger partial charge in [0.1, 0.15) is 0 Å². The van der Waals surface area contributed by atoms with E-state index < -0.39 is 0 Å². The van der Waals surface area contributed by atoms with Gasteiger partial charge in [0.2, 0.25) is 0 Å². The van der Waals surface area contributed by atoms with Crippen LogP contribution in [-0.4, -0.2) is 36.2 Å². The molecule has 0 radical (unpaired) electrons. The lowest BCUT2D eigenvalue weighted by molar-refractivity contribution is 0.0526. The number of esters is 1. The molecule has 17 heavy (non-hydrogen) atoms. The predicted molar refractivity (Wildman–Crippen MR) is 67.6 cm³/mol. The molecule has 0 saturated carbocycles. The van der Waals surface area contributed by atoms with Crippen molar-refractivity contribution in [2.75, 3.05) is 24.4 Å². The SMILES string of the molecule is CCOC(=O)c1ccc(NC(CO)CCl)cc1. The number of anilines is 1. The molecule has 0 bridgehead atoms. The highest BCUT2D eigenvalue weighted by Gasteiger charge is 2.08. The summed E-state index contributed by atoms with van der Waals surface area (Å²) < 4.78 is 4.87. The van der Waals surface area contributed by atoms with Crippen LogP contribution >= 0.6 is 11.6 Å². The zero-order valence-corrected chi connectivity index (χ0v) is 10.4. The largest absolute Gasteiger partial charge is 0.462 e. The first kappa shape index (κ1) is 13.8. The smallest absolute Gasteiger partial charge is 0.338 e. The Balaban J connectivity index is 2.64. The monoisotopic (exact) mass is 257 g/mol. The summed E-state index contributed by atoms with van der Waals surface area (Å²) in [6.07, 6.45) is 0. The molecule has 0 spiro atoms. The molecule has 4 nitrogen and oxygen atoms in total. The van der Waals surface area contributed by atoms with E-state index in [-0.39, 0.29) is 18.6 Å². The van der Waals surface area contributed by atoms with E-state index in [9.17, 15) is 4.79 Å². The van der Waals surface area contributed by atoms with Gasteiger partial charge in [0.05, 0.1) is 24.8 Å². The van der Waals surface area contributed by atoms with E-state index in [0.29, 0.717) is 18.1 Å². The van der Waals surface area contributed by atoms with E-state index in [1.807, 2.05) is 0 Å². The number of nitrogens with one attached hydrogen (secondary N) is 1. The molecule has 1 aromatic carbocycles. The third-order valence-electron chi connectivity index (χ3n) is 2.17. The van der Waals surface area contributed by atoms with Crippen molar-refractivity contribution >= 4 is 23.3 Å². The van der Waals surface area contributed by atoms with Crippen molar-refractivity contribution in [3.63, 3.8) is 0 Å². The maximum Gasteiger partial charge on any atom is 0.338 e. The van der Waals surface area contributed by atoms with E-state index in [1.165, 1.54) is 0 Å². The number of hydrogen-bond donors (Lipinski definition) is 2. The molecule has 0 amide bonds. The first-order valence-electron chi connectivity index (χ1n) is 5.41. The number of benzene rings is 1. The molecule has 0 aromatic heterocycles. The molecule has 0 heterocycles. The molecule has 1 unspecified atom stereocenters. The standard InChI is InChI=1S/C12H16ClNO3/c1-2-17-12(16)9-3-5-10(6-4-9)14-11(7-13)8-15/h3-6,11,14-15H,2,7-8H2,1H3. The highest BCUT2D eigenvalue weighted by atomic mass is 35.5. The van der Waals surface area contributed by atoms with Crippen LogP contribution in [0, 0.1) is 0 Å². The number of carbonyl (C=O) groups excluding carboxylic acids is 1. The second-order valence-corrected chi connectivity index (χ2v) is 3.78. The van der Waals surface area contributed by atoms with Crippen molar-refractivity contribution in [3.05, 3.63) is 29.8 Å². The van der Waals surface area contributed by atoms with Crippen LogP contribution in [0.15, 0.2) is 24.3 Å². The number of carbonyl (C=O) groups is 1. The van der Waals surface area contributed by atoms with Crippen LogP contribution in [0.3, 0.4) is 0 Å². The minimum atomic E-state index is -0.338. The van der Waals surface area contributed by atoms with Crippen LogP contribution in [0.25, 0.3) is 0 Å². The van der Waals surface area contributed by atoms with Gasteiger partial charge in [-0.25, -0.2) is 4.79 Å². The molecule has 5 heteroatoms. The molecular formula is C12H16ClNO3. The fourth-order valence-corrected chi connectivity index (χ4v) is 1.46. The van der Waals surface area contributed by atoms with Crippen molar-refractivity contribution in [1.29, 1.82) is 0 Å². The van der Waals surface area contributed by atoms with Crippen molar-refractivity contribution in [2.45, 2.75) is 13.0 Å². The predicted octanol–water partition coefficient (Wildman–Crippen LogP) is 1.87. The topological polar surface area (TPSA) is 58.6 Å². The van der Waals surface area contributed by atoms with Gasteiger partial charge in [0.15, 0.2) is 0 Å². The molecule has 0 saturated heterocycles. The highest BCUT2D eigenvalue weighted by molar-refractivity contribution is 6.18. The van der Waals surface area contributed by atoms with E-state index in [2.05, 4.69) is 5.32 Å². The maximum atomic E-state index is 11.4. The Hall–Kier alpha value is -1.26. The number of halogens is 1. The third-order valence-corrected chi connectivity index (χ3v) is 2.55. The molecular weight excluding hydrogens is 242 g/mol. The van der Waals surface area contributed by atoms with Gasteiger partial charge in [-0.15, -0.1) is 11.6 Å². The Morgan fingerprint density at radius 3 is 2.59 bits per heavy atom. The number of rotatable bonds is 6. The second kappa shape index (κ2) is 7.14. The molecule has 1 rings (SSSR count). The van der Waals surface area contributed by atoms with Crippen LogP contribution in [0.5, 0.6) is 0 Å². The zero-order valence-electron chi connectivity index (χ0n) is 9.65.